The predicted molar refractivity (Wildman–Crippen MR) is 59.9 cm³/mol. The molecule has 0 aromatic heterocycles. The molecule has 0 aliphatic heterocycles. The maximum atomic E-state index is 2.52. The van der Waals surface area contributed by atoms with Gasteiger partial charge in [0.2, 0.25) is 0 Å². The summed E-state index contributed by atoms with van der Waals surface area (Å²) in [4.78, 5) is 0. The van der Waals surface area contributed by atoms with Gasteiger partial charge in [-0.2, -0.15) is 0 Å². The molecule has 2 saturated carbocycles. The summed E-state index contributed by atoms with van der Waals surface area (Å²) in [7, 11) is 0. The zero-order valence-electron chi connectivity index (χ0n) is 9.45. The molecule has 6 unspecified atom stereocenters. The lowest BCUT2D eigenvalue weighted by atomic mass is 9.77. The van der Waals surface area contributed by atoms with Gasteiger partial charge in [0, 0.05) is 0 Å². The molecule has 0 heteroatoms. The minimum Gasteiger partial charge on any atom is -0.0851 e. The molecule has 2 bridgehead atoms. The minimum absolute atomic E-state index is 0.966. The van der Waals surface area contributed by atoms with Gasteiger partial charge in [0.1, 0.15) is 0 Å². The second-order valence-corrected chi connectivity index (χ2v) is 6.16. The Morgan fingerprint density at radius 1 is 0.857 bits per heavy atom. The molecule has 3 aliphatic rings. The predicted octanol–water partition coefficient (Wildman–Crippen LogP) is 3.88. The Morgan fingerprint density at radius 2 is 1.71 bits per heavy atom. The number of allylic oxidation sites excluding steroid dienone is 2. The number of hydrogen-bond donors (Lipinski definition) is 0. The number of hydrogen-bond acceptors (Lipinski definition) is 0. The first-order valence-corrected chi connectivity index (χ1v) is 6.42. The van der Waals surface area contributed by atoms with E-state index in [1.165, 1.54) is 25.7 Å². The third kappa shape index (κ3) is 1.26. The van der Waals surface area contributed by atoms with E-state index in [0.717, 1.165) is 35.5 Å². The largest absolute Gasteiger partial charge is 0.0851 e. The first-order valence-electron chi connectivity index (χ1n) is 6.42. The summed E-state index contributed by atoms with van der Waals surface area (Å²) >= 11 is 0. The van der Waals surface area contributed by atoms with Crippen LogP contribution in [0.5, 0.6) is 0 Å². The Morgan fingerprint density at radius 3 is 2.21 bits per heavy atom. The van der Waals surface area contributed by atoms with E-state index in [4.69, 9.17) is 0 Å². The van der Waals surface area contributed by atoms with Gasteiger partial charge in [0.05, 0.1) is 0 Å². The highest BCUT2D eigenvalue weighted by Gasteiger charge is 2.44. The van der Waals surface area contributed by atoms with E-state index in [1.54, 1.807) is 0 Å². The first kappa shape index (κ1) is 9.00. The van der Waals surface area contributed by atoms with Crippen LogP contribution in [0.3, 0.4) is 0 Å². The Kier molecular flexibility index (Phi) is 2.00. The summed E-state index contributed by atoms with van der Waals surface area (Å²) in [6.07, 6.45) is 11.0. The van der Waals surface area contributed by atoms with Crippen LogP contribution in [0.4, 0.5) is 0 Å². The van der Waals surface area contributed by atoms with Crippen LogP contribution in [-0.4, -0.2) is 0 Å². The maximum Gasteiger partial charge on any atom is -0.0196 e. The van der Waals surface area contributed by atoms with E-state index in [1.807, 2.05) is 0 Å². The summed E-state index contributed by atoms with van der Waals surface area (Å²) in [5.74, 6) is 6.06. The number of fused-ring (bicyclic) bond motifs is 2. The molecule has 0 nitrogen and oxygen atoms in total. The van der Waals surface area contributed by atoms with Crippen molar-refractivity contribution >= 4 is 0 Å². The van der Waals surface area contributed by atoms with Gasteiger partial charge in [0.15, 0.2) is 0 Å². The lowest BCUT2D eigenvalue weighted by Gasteiger charge is -2.28. The van der Waals surface area contributed by atoms with Crippen molar-refractivity contribution in [2.24, 2.45) is 35.5 Å². The van der Waals surface area contributed by atoms with Crippen molar-refractivity contribution in [2.75, 3.05) is 0 Å². The lowest BCUT2D eigenvalue weighted by molar-refractivity contribution is 0.238. The fourth-order valence-electron chi connectivity index (χ4n) is 4.51. The van der Waals surface area contributed by atoms with E-state index in [2.05, 4.69) is 26.0 Å². The Hall–Kier alpha value is -0.260. The van der Waals surface area contributed by atoms with Crippen molar-refractivity contribution in [1.29, 1.82) is 0 Å². The highest BCUT2D eigenvalue weighted by atomic mass is 14.5. The number of rotatable bonds is 1. The highest BCUT2D eigenvalue weighted by molar-refractivity contribution is 5.11. The average Bonchev–Trinajstić information content (AvgIpc) is 2.79. The van der Waals surface area contributed by atoms with Crippen LogP contribution in [0, 0.1) is 35.5 Å². The second-order valence-electron chi connectivity index (χ2n) is 6.16. The van der Waals surface area contributed by atoms with E-state index >= 15 is 0 Å². The van der Waals surface area contributed by atoms with Crippen molar-refractivity contribution in [3.8, 4) is 0 Å². The van der Waals surface area contributed by atoms with Crippen LogP contribution >= 0.6 is 0 Å². The van der Waals surface area contributed by atoms with Crippen molar-refractivity contribution < 1.29 is 0 Å². The summed E-state index contributed by atoms with van der Waals surface area (Å²) in [5.41, 5.74) is 0. The summed E-state index contributed by atoms with van der Waals surface area (Å²) in [6.45, 7) is 4.93. The molecule has 6 atom stereocenters. The average molecular weight is 190 g/mol. The molecule has 0 amide bonds. The van der Waals surface area contributed by atoms with E-state index in [9.17, 15) is 0 Å². The topological polar surface area (TPSA) is 0 Å². The normalized spacial score (nSPS) is 55.9. The monoisotopic (exact) mass is 190 g/mol. The van der Waals surface area contributed by atoms with Crippen LogP contribution in [0.25, 0.3) is 0 Å². The molecule has 78 valence electrons. The minimum atomic E-state index is 0.966. The van der Waals surface area contributed by atoms with Gasteiger partial charge in [0.25, 0.3) is 0 Å². The van der Waals surface area contributed by atoms with Gasteiger partial charge < -0.3 is 0 Å². The van der Waals surface area contributed by atoms with Gasteiger partial charge in [-0.15, -0.1) is 0 Å². The van der Waals surface area contributed by atoms with Crippen molar-refractivity contribution in [3.63, 3.8) is 0 Å². The quantitative estimate of drug-likeness (QED) is 0.550. The van der Waals surface area contributed by atoms with Gasteiger partial charge in [-0.05, 0) is 61.2 Å². The molecule has 0 N–H and O–H groups in total. The third-order valence-corrected chi connectivity index (χ3v) is 5.06. The van der Waals surface area contributed by atoms with E-state index in [0.29, 0.717) is 0 Å². The van der Waals surface area contributed by atoms with Gasteiger partial charge in [-0.3, -0.25) is 0 Å². The first-order chi connectivity index (χ1) is 6.74. The Bertz CT molecular complexity index is 253. The smallest absolute Gasteiger partial charge is 0.0196 e. The van der Waals surface area contributed by atoms with Crippen LogP contribution in [-0.2, 0) is 0 Å². The standard InChI is InChI=1S/C14H22/c1-9-5-10(2)13(6-9)14-8-11-3-4-12(14)7-11/h3-4,9-14H,5-8H2,1-2H3. The zero-order valence-corrected chi connectivity index (χ0v) is 9.45. The third-order valence-electron chi connectivity index (χ3n) is 5.06. The molecule has 3 rings (SSSR count). The van der Waals surface area contributed by atoms with Crippen molar-refractivity contribution in [3.05, 3.63) is 12.2 Å². The Labute approximate surface area is 87.8 Å². The highest BCUT2D eigenvalue weighted by Crippen LogP contribution is 2.53. The molecule has 3 aliphatic carbocycles. The van der Waals surface area contributed by atoms with Crippen LogP contribution < -0.4 is 0 Å². The van der Waals surface area contributed by atoms with Crippen LogP contribution in [0.1, 0.15) is 39.5 Å². The van der Waals surface area contributed by atoms with Gasteiger partial charge in [-0.1, -0.05) is 26.0 Å². The molecule has 0 radical (unpaired) electrons. The van der Waals surface area contributed by atoms with Crippen LogP contribution in [0.2, 0.25) is 0 Å². The maximum absolute atomic E-state index is 2.52. The van der Waals surface area contributed by atoms with Crippen molar-refractivity contribution in [2.45, 2.75) is 39.5 Å². The summed E-state index contributed by atoms with van der Waals surface area (Å²) < 4.78 is 0. The molecule has 2 fully saturated rings. The van der Waals surface area contributed by atoms with Gasteiger partial charge >= 0.3 is 0 Å². The van der Waals surface area contributed by atoms with E-state index < -0.39 is 0 Å². The van der Waals surface area contributed by atoms with Crippen LogP contribution in [0.15, 0.2) is 12.2 Å². The Balaban J connectivity index is 1.74. The van der Waals surface area contributed by atoms with Crippen molar-refractivity contribution in [1.82, 2.24) is 0 Å². The molecule has 0 heterocycles. The molecule has 0 aromatic rings. The SMILES string of the molecule is CC1CC(C)C(C2CC3C=CC2C3)C1. The lowest BCUT2D eigenvalue weighted by Crippen LogP contribution is -2.21. The zero-order chi connectivity index (χ0) is 9.71. The molecule has 14 heavy (non-hydrogen) atoms. The fraction of sp³-hybridized carbons (Fsp3) is 0.857. The molecular formula is C14H22. The summed E-state index contributed by atoms with van der Waals surface area (Å²) in [5, 5.41) is 0. The molecule has 0 spiro atoms. The second kappa shape index (κ2) is 3.12. The molecule has 0 saturated heterocycles. The van der Waals surface area contributed by atoms with E-state index in [-0.39, 0.29) is 0 Å². The summed E-state index contributed by atoms with van der Waals surface area (Å²) in [6, 6.07) is 0. The fourth-order valence-corrected chi connectivity index (χ4v) is 4.51. The molecule has 0 aromatic carbocycles. The molecular weight excluding hydrogens is 168 g/mol. The van der Waals surface area contributed by atoms with Gasteiger partial charge in [-0.25, -0.2) is 0 Å².